The van der Waals surface area contributed by atoms with Crippen molar-refractivity contribution in [1.29, 1.82) is 0 Å². The van der Waals surface area contributed by atoms with Crippen LogP contribution in [0.25, 0.3) is 0 Å². The summed E-state index contributed by atoms with van der Waals surface area (Å²) in [5, 5.41) is 1.10. The molecule has 0 bridgehead atoms. The summed E-state index contributed by atoms with van der Waals surface area (Å²) in [5.41, 5.74) is 0. The maximum atomic E-state index is 3.44. The molecule has 13 heavy (non-hydrogen) atoms. The lowest BCUT2D eigenvalue weighted by molar-refractivity contribution is 0.236. The van der Waals surface area contributed by atoms with E-state index in [0.717, 1.165) is 23.1 Å². The van der Waals surface area contributed by atoms with E-state index in [-0.39, 0.29) is 0 Å². The molecule has 1 aliphatic rings. The third-order valence-corrected chi connectivity index (χ3v) is 3.78. The van der Waals surface area contributed by atoms with Crippen LogP contribution in [-0.2, 0) is 0 Å². The largest absolute Gasteiger partial charge is 0.0925 e. The Labute approximate surface area is 90.9 Å². The third-order valence-electron chi connectivity index (χ3n) is 3.32. The highest BCUT2D eigenvalue weighted by atomic mass is 79.9. The molecular formula is C12H21Br. The number of alkyl halides is 1. The van der Waals surface area contributed by atoms with Gasteiger partial charge in [0.2, 0.25) is 0 Å². The Morgan fingerprint density at radius 2 is 2.00 bits per heavy atom. The van der Waals surface area contributed by atoms with Crippen molar-refractivity contribution in [2.45, 2.75) is 39.5 Å². The van der Waals surface area contributed by atoms with Gasteiger partial charge in [-0.05, 0) is 43.4 Å². The van der Waals surface area contributed by atoms with Crippen molar-refractivity contribution in [3.05, 3.63) is 12.2 Å². The molecule has 0 radical (unpaired) electrons. The molecule has 0 aliphatic heterocycles. The highest BCUT2D eigenvalue weighted by molar-refractivity contribution is 9.09. The predicted octanol–water partition coefficient (Wildman–Crippen LogP) is 4.40. The summed E-state index contributed by atoms with van der Waals surface area (Å²) in [6, 6.07) is 0. The van der Waals surface area contributed by atoms with Crippen molar-refractivity contribution in [3.8, 4) is 0 Å². The summed E-state index contributed by atoms with van der Waals surface area (Å²) in [6.45, 7) is 4.79. The third kappa shape index (κ3) is 3.84. The van der Waals surface area contributed by atoms with Gasteiger partial charge in [-0.1, -0.05) is 41.9 Å². The first kappa shape index (κ1) is 11.3. The summed E-state index contributed by atoms with van der Waals surface area (Å²) in [7, 11) is 0. The summed E-state index contributed by atoms with van der Waals surface area (Å²) in [4.78, 5) is 0. The lowest BCUT2D eigenvalue weighted by atomic mass is 9.76. The minimum Gasteiger partial charge on any atom is -0.0925 e. The molecule has 3 unspecified atom stereocenters. The predicted molar refractivity (Wildman–Crippen MR) is 63.2 cm³/mol. The topological polar surface area (TPSA) is 0 Å². The van der Waals surface area contributed by atoms with Crippen LogP contribution in [0.4, 0.5) is 0 Å². The second-order valence-electron chi connectivity index (χ2n) is 4.43. The average molecular weight is 245 g/mol. The van der Waals surface area contributed by atoms with E-state index >= 15 is 0 Å². The molecule has 0 nitrogen and oxygen atoms in total. The van der Waals surface area contributed by atoms with E-state index in [9.17, 15) is 0 Å². The van der Waals surface area contributed by atoms with Crippen molar-refractivity contribution in [2.24, 2.45) is 17.8 Å². The lowest BCUT2D eigenvalue weighted by Crippen LogP contribution is -2.19. The van der Waals surface area contributed by atoms with Crippen molar-refractivity contribution >= 4 is 15.9 Å². The van der Waals surface area contributed by atoms with E-state index in [4.69, 9.17) is 0 Å². The summed E-state index contributed by atoms with van der Waals surface area (Å²) in [6.07, 6.45) is 10.2. The van der Waals surface area contributed by atoms with Gasteiger partial charge in [0.05, 0.1) is 0 Å². The van der Waals surface area contributed by atoms with Crippen molar-refractivity contribution in [2.75, 3.05) is 5.33 Å². The number of allylic oxidation sites excluding steroid dienone is 2. The molecule has 1 saturated carbocycles. The highest BCUT2D eigenvalue weighted by Crippen LogP contribution is 2.33. The van der Waals surface area contributed by atoms with E-state index in [2.05, 4.69) is 41.9 Å². The first-order valence-electron chi connectivity index (χ1n) is 5.46. The molecule has 1 rings (SSSR count). The van der Waals surface area contributed by atoms with Gasteiger partial charge in [-0.2, -0.15) is 0 Å². The monoisotopic (exact) mass is 244 g/mol. The number of hydrogen-bond acceptors (Lipinski definition) is 0. The fourth-order valence-corrected chi connectivity index (χ4v) is 2.38. The van der Waals surface area contributed by atoms with Gasteiger partial charge in [0.1, 0.15) is 0 Å². The van der Waals surface area contributed by atoms with E-state index in [1.54, 1.807) is 0 Å². The molecule has 0 amide bonds. The fourth-order valence-electron chi connectivity index (χ4n) is 2.12. The summed E-state index contributed by atoms with van der Waals surface area (Å²) >= 11 is 3.44. The van der Waals surface area contributed by atoms with Gasteiger partial charge in [0, 0.05) is 5.33 Å². The smallest absolute Gasteiger partial charge is 0.00659 e. The highest BCUT2D eigenvalue weighted by Gasteiger charge is 2.22. The number of hydrogen-bond donors (Lipinski definition) is 0. The van der Waals surface area contributed by atoms with Crippen LogP contribution in [0.3, 0.4) is 0 Å². The second kappa shape index (κ2) is 5.85. The van der Waals surface area contributed by atoms with Crippen LogP contribution >= 0.6 is 15.9 Å². The molecule has 1 heteroatoms. The molecule has 0 aromatic carbocycles. The molecule has 0 aromatic rings. The van der Waals surface area contributed by atoms with E-state index in [1.807, 2.05) is 0 Å². The number of halogens is 1. The zero-order valence-electron chi connectivity index (χ0n) is 8.80. The summed E-state index contributed by atoms with van der Waals surface area (Å²) < 4.78 is 0. The van der Waals surface area contributed by atoms with Gasteiger partial charge >= 0.3 is 0 Å². The van der Waals surface area contributed by atoms with Crippen molar-refractivity contribution in [3.63, 3.8) is 0 Å². The molecule has 0 spiro atoms. The van der Waals surface area contributed by atoms with E-state index in [0.29, 0.717) is 0 Å². The van der Waals surface area contributed by atoms with Gasteiger partial charge in [-0.15, -0.1) is 0 Å². The van der Waals surface area contributed by atoms with Crippen molar-refractivity contribution < 1.29 is 0 Å². The van der Waals surface area contributed by atoms with Gasteiger partial charge < -0.3 is 0 Å². The Balaban J connectivity index is 2.29. The Kier molecular flexibility index (Phi) is 5.08. The van der Waals surface area contributed by atoms with Gasteiger partial charge in [-0.25, -0.2) is 0 Å². The fraction of sp³-hybridized carbons (Fsp3) is 0.833. The maximum Gasteiger partial charge on any atom is 0.00659 e. The molecule has 76 valence electrons. The second-order valence-corrected chi connectivity index (χ2v) is 5.23. The normalized spacial score (nSPS) is 35.5. The van der Waals surface area contributed by atoms with Gasteiger partial charge in [-0.3, -0.25) is 0 Å². The van der Waals surface area contributed by atoms with Crippen molar-refractivity contribution in [1.82, 2.24) is 0 Å². The molecule has 0 aromatic heterocycles. The quantitative estimate of drug-likeness (QED) is 0.510. The zero-order valence-corrected chi connectivity index (χ0v) is 10.4. The summed E-state index contributed by atoms with van der Waals surface area (Å²) in [5.74, 6) is 2.73. The Morgan fingerprint density at radius 1 is 1.23 bits per heavy atom. The maximum absolute atomic E-state index is 3.44. The number of rotatable bonds is 3. The van der Waals surface area contributed by atoms with Crippen LogP contribution < -0.4 is 0 Å². The van der Waals surface area contributed by atoms with Crippen LogP contribution in [0.5, 0.6) is 0 Å². The molecular weight excluding hydrogens is 224 g/mol. The first-order chi connectivity index (χ1) is 6.24. The van der Waals surface area contributed by atoms with E-state index < -0.39 is 0 Å². The first-order valence-corrected chi connectivity index (χ1v) is 6.58. The van der Waals surface area contributed by atoms with Crippen LogP contribution in [0.2, 0.25) is 0 Å². The van der Waals surface area contributed by atoms with Crippen LogP contribution in [0, 0.1) is 17.8 Å². The molecule has 0 saturated heterocycles. The Morgan fingerprint density at radius 3 is 2.62 bits per heavy atom. The van der Waals surface area contributed by atoms with E-state index in [1.165, 1.54) is 25.7 Å². The lowest BCUT2D eigenvalue weighted by Gasteiger charge is -2.30. The molecule has 3 atom stereocenters. The van der Waals surface area contributed by atoms with Gasteiger partial charge in [0.25, 0.3) is 0 Å². The van der Waals surface area contributed by atoms with Crippen LogP contribution in [0.15, 0.2) is 12.2 Å². The molecule has 0 heterocycles. The zero-order chi connectivity index (χ0) is 9.68. The minimum atomic E-state index is 0.866. The Hall–Kier alpha value is 0.220. The standard InChI is InChI=1S/C12H21Br/c1-10-6-7-12(9-11(10)2)5-3-4-8-13/h3,5,10-12H,4,6-9H2,1-2H3/b5-3+. The van der Waals surface area contributed by atoms with Gasteiger partial charge in [0.15, 0.2) is 0 Å². The van der Waals surface area contributed by atoms with Crippen LogP contribution in [-0.4, -0.2) is 5.33 Å². The SMILES string of the molecule is CC1CCC(/C=C/CCBr)CC1C. The average Bonchev–Trinajstić information content (AvgIpc) is 2.12. The minimum absolute atomic E-state index is 0.866. The molecule has 0 N–H and O–H groups in total. The Bertz CT molecular complexity index is 163. The molecule has 1 fully saturated rings. The molecule has 1 aliphatic carbocycles. The van der Waals surface area contributed by atoms with Crippen LogP contribution in [0.1, 0.15) is 39.5 Å².